The summed E-state index contributed by atoms with van der Waals surface area (Å²) in [5.74, 6) is 6.44. The fraction of sp³-hybridized carbons (Fsp3) is 0.857. The summed E-state index contributed by atoms with van der Waals surface area (Å²) in [7, 11) is 0. The molecular formula is C28H43N3O. The van der Waals surface area contributed by atoms with Crippen molar-refractivity contribution in [2.24, 2.45) is 52.8 Å². The largest absolute Gasteiger partial charge is 0.388 e. The van der Waals surface area contributed by atoms with Gasteiger partial charge in [0.05, 0.1) is 23.9 Å². The van der Waals surface area contributed by atoms with Crippen molar-refractivity contribution in [3.63, 3.8) is 0 Å². The first kappa shape index (κ1) is 22.5. The van der Waals surface area contributed by atoms with Crippen molar-refractivity contribution in [3.8, 4) is 6.07 Å². The van der Waals surface area contributed by atoms with E-state index in [0.29, 0.717) is 12.1 Å². The van der Waals surface area contributed by atoms with Gasteiger partial charge in [-0.1, -0.05) is 33.6 Å². The van der Waals surface area contributed by atoms with E-state index in [-0.39, 0.29) is 11.3 Å². The van der Waals surface area contributed by atoms with Crippen LogP contribution in [0.25, 0.3) is 0 Å². The Morgan fingerprint density at radius 1 is 1.12 bits per heavy atom. The first-order chi connectivity index (χ1) is 15.2. The summed E-state index contributed by atoms with van der Waals surface area (Å²) in [6, 6.07) is 2.16. The molecule has 1 N–H and O–H groups in total. The van der Waals surface area contributed by atoms with E-state index < -0.39 is 5.60 Å². The molecule has 0 aromatic carbocycles. The minimum Gasteiger partial charge on any atom is -0.388 e. The van der Waals surface area contributed by atoms with Crippen LogP contribution in [0.15, 0.2) is 12.4 Å². The van der Waals surface area contributed by atoms with E-state index in [1.54, 1.807) is 17.1 Å². The minimum absolute atomic E-state index is 0.197. The first-order valence-corrected chi connectivity index (χ1v) is 13.4. The molecule has 0 spiro atoms. The summed E-state index contributed by atoms with van der Waals surface area (Å²) in [5.41, 5.74) is -0.0420. The first-order valence-electron chi connectivity index (χ1n) is 13.4. The molecule has 1 aromatic rings. The highest BCUT2D eigenvalue weighted by Crippen LogP contribution is 2.65. The molecule has 0 saturated heterocycles. The Hall–Kier alpha value is -1.34. The monoisotopic (exact) mass is 437 g/mol. The van der Waals surface area contributed by atoms with Gasteiger partial charge in [0.1, 0.15) is 6.07 Å². The normalized spacial score (nSPS) is 45.6. The van der Waals surface area contributed by atoms with Gasteiger partial charge in [0.2, 0.25) is 0 Å². The predicted molar refractivity (Wildman–Crippen MR) is 126 cm³/mol. The van der Waals surface area contributed by atoms with Gasteiger partial charge >= 0.3 is 0 Å². The molecule has 0 aliphatic heterocycles. The van der Waals surface area contributed by atoms with Crippen LogP contribution >= 0.6 is 0 Å². The Bertz CT molecular complexity index is 868. The molecule has 32 heavy (non-hydrogen) atoms. The fourth-order valence-electron chi connectivity index (χ4n) is 9.75. The second-order valence-electron chi connectivity index (χ2n) is 12.8. The molecule has 4 unspecified atom stereocenters. The number of hydrogen-bond donors (Lipinski definition) is 1. The molecule has 4 aliphatic carbocycles. The average molecular weight is 438 g/mol. The molecule has 0 amide bonds. The minimum atomic E-state index is -0.809. The maximum Gasteiger partial charge on any atom is 0.102 e. The quantitative estimate of drug-likeness (QED) is 0.626. The number of fused-ring (bicyclic) bond motifs is 5. The lowest BCUT2D eigenvalue weighted by atomic mass is 9.42. The van der Waals surface area contributed by atoms with Crippen LogP contribution < -0.4 is 0 Å². The van der Waals surface area contributed by atoms with Crippen molar-refractivity contribution in [1.82, 2.24) is 9.78 Å². The van der Waals surface area contributed by atoms with Gasteiger partial charge in [-0.2, -0.15) is 10.4 Å². The summed E-state index contributed by atoms with van der Waals surface area (Å²) >= 11 is 0. The van der Waals surface area contributed by atoms with Gasteiger partial charge in [-0.15, -0.1) is 0 Å². The number of rotatable bonds is 3. The zero-order valence-corrected chi connectivity index (χ0v) is 20.6. The van der Waals surface area contributed by atoms with E-state index in [9.17, 15) is 5.11 Å². The van der Waals surface area contributed by atoms with Crippen molar-refractivity contribution in [2.45, 2.75) is 97.6 Å². The molecule has 0 radical (unpaired) electrons. The number of hydrogen-bond acceptors (Lipinski definition) is 3. The molecule has 10 atom stereocenters. The molecule has 4 nitrogen and oxygen atoms in total. The van der Waals surface area contributed by atoms with Crippen molar-refractivity contribution in [3.05, 3.63) is 18.0 Å². The highest BCUT2D eigenvalue weighted by Gasteiger charge is 2.60. The number of aromatic nitrogens is 2. The Labute approximate surface area is 194 Å². The zero-order chi connectivity index (χ0) is 22.7. The van der Waals surface area contributed by atoms with Gasteiger partial charge in [0.25, 0.3) is 0 Å². The van der Waals surface area contributed by atoms with Crippen molar-refractivity contribution < 1.29 is 5.11 Å². The van der Waals surface area contributed by atoms with Crippen LogP contribution in [0.5, 0.6) is 0 Å². The summed E-state index contributed by atoms with van der Waals surface area (Å²) < 4.78 is 1.79. The number of nitriles is 1. The van der Waals surface area contributed by atoms with Gasteiger partial charge < -0.3 is 5.11 Å². The zero-order valence-electron chi connectivity index (χ0n) is 20.6. The van der Waals surface area contributed by atoms with Crippen LogP contribution in [0.2, 0.25) is 0 Å². The lowest BCUT2D eigenvalue weighted by Crippen LogP contribution is -2.60. The Morgan fingerprint density at radius 3 is 2.66 bits per heavy atom. The summed E-state index contributed by atoms with van der Waals surface area (Å²) in [6.45, 7) is 10.0. The topological polar surface area (TPSA) is 61.8 Å². The molecule has 4 heteroatoms. The van der Waals surface area contributed by atoms with E-state index in [4.69, 9.17) is 5.26 Å². The molecular weight excluding hydrogens is 394 g/mol. The number of nitrogens with zero attached hydrogens (tertiary/aromatic N) is 3. The van der Waals surface area contributed by atoms with Gasteiger partial charge in [0, 0.05) is 6.20 Å². The van der Waals surface area contributed by atoms with Crippen LogP contribution in [-0.4, -0.2) is 20.5 Å². The lowest BCUT2D eigenvalue weighted by Gasteiger charge is -2.64. The lowest BCUT2D eigenvalue weighted by molar-refractivity contribution is -0.180. The average Bonchev–Trinajstić information content (AvgIpc) is 3.19. The van der Waals surface area contributed by atoms with E-state index in [2.05, 4.69) is 31.9 Å². The molecule has 1 heterocycles. The third kappa shape index (κ3) is 3.64. The second-order valence-corrected chi connectivity index (χ2v) is 12.8. The maximum atomic E-state index is 11.8. The van der Waals surface area contributed by atoms with Crippen molar-refractivity contribution in [2.75, 3.05) is 0 Å². The van der Waals surface area contributed by atoms with Crippen LogP contribution in [0.4, 0.5) is 0 Å². The van der Waals surface area contributed by atoms with Crippen molar-refractivity contribution >= 4 is 0 Å². The smallest absolute Gasteiger partial charge is 0.102 e. The van der Waals surface area contributed by atoms with E-state index in [1.165, 1.54) is 51.4 Å². The molecule has 5 rings (SSSR count). The SMILES string of the molecule is CC1CC[C@H]([C@](C)(O)Cn2cc(C#N)cn2)[C@@]2(C)CCC3[C@@H](CCC4C[C@@H](C)CC[C@@H]43)C12. The summed E-state index contributed by atoms with van der Waals surface area (Å²) in [6.07, 6.45) is 15.6. The Morgan fingerprint density at radius 2 is 1.91 bits per heavy atom. The molecule has 1 aromatic heterocycles. The Balaban J connectivity index is 1.40. The molecule has 4 saturated carbocycles. The van der Waals surface area contributed by atoms with E-state index in [0.717, 1.165) is 47.8 Å². The van der Waals surface area contributed by atoms with Crippen LogP contribution in [0, 0.1) is 64.1 Å². The maximum absolute atomic E-state index is 11.8. The Kier molecular flexibility index (Phi) is 5.72. The molecule has 0 bridgehead atoms. The molecule has 176 valence electrons. The predicted octanol–water partition coefficient (Wildman–Crippen LogP) is 6.05. The van der Waals surface area contributed by atoms with Crippen molar-refractivity contribution in [1.29, 1.82) is 5.26 Å². The highest BCUT2D eigenvalue weighted by molar-refractivity contribution is 5.21. The molecule has 4 aliphatic rings. The van der Waals surface area contributed by atoms with Gasteiger partial charge in [-0.3, -0.25) is 4.68 Å². The fourth-order valence-corrected chi connectivity index (χ4v) is 9.75. The highest BCUT2D eigenvalue weighted by atomic mass is 16.3. The third-order valence-corrected chi connectivity index (χ3v) is 10.8. The number of aliphatic hydroxyl groups is 1. The van der Waals surface area contributed by atoms with E-state index in [1.807, 2.05) is 6.92 Å². The van der Waals surface area contributed by atoms with Crippen LogP contribution in [0.1, 0.15) is 91.0 Å². The van der Waals surface area contributed by atoms with Crippen LogP contribution in [-0.2, 0) is 6.54 Å². The second kappa shape index (κ2) is 8.15. The summed E-state index contributed by atoms with van der Waals surface area (Å²) in [4.78, 5) is 0. The molecule has 4 fully saturated rings. The van der Waals surface area contributed by atoms with Gasteiger partial charge in [-0.25, -0.2) is 0 Å². The van der Waals surface area contributed by atoms with E-state index >= 15 is 0 Å². The van der Waals surface area contributed by atoms with Gasteiger partial charge in [-0.05, 0) is 105 Å². The third-order valence-electron chi connectivity index (χ3n) is 10.8. The summed E-state index contributed by atoms with van der Waals surface area (Å²) in [5, 5.41) is 25.4. The standard InChI is InChI=1S/C28H43N3O/c1-18-5-8-22-21(13-18)7-9-24-23(22)11-12-27(3)25(10-6-19(2)26(24)27)28(4,32)17-31-16-20(14-29)15-30-31/h15-16,18-19,21-26,32H,5-13,17H2,1-4H3/t18-,19?,21?,22-,23?,24+,25-,26?,27+,28+/m0/s1. The van der Waals surface area contributed by atoms with Crippen LogP contribution in [0.3, 0.4) is 0 Å². The van der Waals surface area contributed by atoms with Gasteiger partial charge in [0.15, 0.2) is 0 Å².